The normalized spacial score (nSPS) is 11.3. The van der Waals surface area contributed by atoms with Crippen molar-refractivity contribution in [2.75, 3.05) is 4.90 Å². The second-order valence-corrected chi connectivity index (χ2v) is 16.8. The van der Waals surface area contributed by atoms with E-state index < -0.39 is 0 Å². The average molecular weight is 842 g/mol. The number of rotatable bonds is 9. The molecular weight excluding hydrogens is 799 g/mol. The van der Waals surface area contributed by atoms with E-state index in [2.05, 4.69) is 254 Å². The first kappa shape index (κ1) is 38.9. The molecule has 0 N–H and O–H groups in total. The Bertz CT molecular complexity index is 3670. The minimum atomic E-state index is 0.893. The number of para-hydroxylation sites is 2. The van der Waals surface area contributed by atoms with Gasteiger partial charge in [0.25, 0.3) is 0 Å². The second-order valence-electron chi connectivity index (χ2n) is 16.8. The summed E-state index contributed by atoms with van der Waals surface area (Å²) in [5.41, 5.74) is 19.1. The molecule has 0 atom stereocenters. The Labute approximate surface area is 384 Å². The summed E-state index contributed by atoms with van der Waals surface area (Å²) in [6.45, 7) is 0. The molecule has 0 amide bonds. The SMILES string of the molecule is c1ccc(-c2ccc(-c3ccccc3-c3ccccc3-c3ccccc3N(c3ccc(-c4ccc5c(c4)oc4ccccc45)cc3)c3ccc(-c4cccc5ccccc45)cc3)cc2)cc1. The lowest BCUT2D eigenvalue weighted by molar-refractivity contribution is 0.669. The summed E-state index contributed by atoms with van der Waals surface area (Å²) in [5.74, 6) is 0. The molecule has 1 aromatic heterocycles. The molecule has 0 aliphatic carbocycles. The molecule has 0 fully saturated rings. The van der Waals surface area contributed by atoms with Crippen LogP contribution in [0.25, 0.3) is 99.5 Å². The third-order valence-electron chi connectivity index (χ3n) is 12.9. The van der Waals surface area contributed by atoms with Crippen molar-refractivity contribution in [3.8, 4) is 66.8 Å². The Hall–Kier alpha value is -8.72. The lowest BCUT2D eigenvalue weighted by Crippen LogP contribution is -2.11. The van der Waals surface area contributed by atoms with E-state index >= 15 is 0 Å². The molecular formula is C64H43NO. The van der Waals surface area contributed by atoms with Crippen LogP contribution in [0.15, 0.2) is 265 Å². The molecule has 11 aromatic carbocycles. The number of hydrogen-bond acceptors (Lipinski definition) is 2. The number of benzene rings is 11. The maximum atomic E-state index is 6.30. The van der Waals surface area contributed by atoms with E-state index in [9.17, 15) is 0 Å². The van der Waals surface area contributed by atoms with Gasteiger partial charge in [0.05, 0.1) is 5.69 Å². The zero-order chi connectivity index (χ0) is 43.8. The van der Waals surface area contributed by atoms with Crippen LogP contribution in [-0.2, 0) is 0 Å². The number of fused-ring (bicyclic) bond motifs is 4. The van der Waals surface area contributed by atoms with E-state index in [0.29, 0.717) is 0 Å². The number of hydrogen-bond donors (Lipinski definition) is 0. The summed E-state index contributed by atoms with van der Waals surface area (Å²) in [5, 5.41) is 4.75. The van der Waals surface area contributed by atoms with Gasteiger partial charge >= 0.3 is 0 Å². The molecule has 0 bridgehead atoms. The second kappa shape index (κ2) is 16.8. The Kier molecular flexibility index (Phi) is 9.89. The Morgan fingerprint density at radius 2 is 0.682 bits per heavy atom. The van der Waals surface area contributed by atoms with Gasteiger partial charge in [-0.1, -0.05) is 212 Å². The highest BCUT2D eigenvalue weighted by molar-refractivity contribution is 6.06. The maximum absolute atomic E-state index is 6.30. The van der Waals surface area contributed by atoms with Crippen molar-refractivity contribution < 1.29 is 4.42 Å². The fourth-order valence-electron chi connectivity index (χ4n) is 9.69. The molecule has 12 aromatic rings. The Morgan fingerprint density at radius 3 is 1.42 bits per heavy atom. The highest BCUT2D eigenvalue weighted by atomic mass is 16.3. The molecule has 66 heavy (non-hydrogen) atoms. The van der Waals surface area contributed by atoms with Crippen LogP contribution in [0.3, 0.4) is 0 Å². The summed E-state index contributed by atoms with van der Waals surface area (Å²) in [7, 11) is 0. The van der Waals surface area contributed by atoms with Crippen LogP contribution >= 0.6 is 0 Å². The average Bonchev–Trinajstić information content (AvgIpc) is 3.78. The minimum Gasteiger partial charge on any atom is -0.456 e. The molecule has 2 nitrogen and oxygen atoms in total. The minimum absolute atomic E-state index is 0.893. The van der Waals surface area contributed by atoms with Crippen molar-refractivity contribution >= 4 is 49.8 Å². The van der Waals surface area contributed by atoms with Crippen molar-refractivity contribution in [3.05, 3.63) is 261 Å². The molecule has 0 saturated heterocycles. The highest BCUT2D eigenvalue weighted by Crippen LogP contribution is 2.46. The van der Waals surface area contributed by atoms with Crippen molar-refractivity contribution in [1.82, 2.24) is 0 Å². The summed E-state index contributed by atoms with van der Waals surface area (Å²) in [6, 6.07) is 93.9. The molecule has 310 valence electrons. The third kappa shape index (κ3) is 7.12. The van der Waals surface area contributed by atoms with Crippen LogP contribution in [0.5, 0.6) is 0 Å². The summed E-state index contributed by atoms with van der Waals surface area (Å²) < 4.78 is 6.30. The van der Waals surface area contributed by atoms with Gasteiger partial charge in [0.1, 0.15) is 11.2 Å². The highest BCUT2D eigenvalue weighted by Gasteiger charge is 2.21. The monoisotopic (exact) mass is 841 g/mol. The molecule has 12 rings (SSSR count). The van der Waals surface area contributed by atoms with Crippen molar-refractivity contribution in [1.29, 1.82) is 0 Å². The van der Waals surface area contributed by atoms with E-state index in [1.54, 1.807) is 0 Å². The van der Waals surface area contributed by atoms with E-state index in [1.807, 2.05) is 12.1 Å². The van der Waals surface area contributed by atoms with Crippen molar-refractivity contribution in [2.45, 2.75) is 0 Å². The predicted molar refractivity (Wildman–Crippen MR) is 279 cm³/mol. The lowest BCUT2D eigenvalue weighted by atomic mass is 9.88. The largest absolute Gasteiger partial charge is 0.456 e. The summed E-state index contributed by atoms with van der Waals surface area (Å²) in [4.78, 5) is 2.40. The first-order valence-electron chi connectivity index (χ1n) is 22.6. The van der Waals surface area contributed by atoms with Crippen molar-refractivity contribution in [3.63, 3.8) is 0 Å². The van der Waals surface area contributed by atoms with Crippen LogP contribution in [-0.4, -0.2) is 0 Å². The number of nitrogens with zero attached hydrogens (tertiary/aromatic N) is 1. The maximum Gasteiger partial charge on any atom is 0.136 e. The number of anilines is 3. The van der Waals surface area contributed by atoms with Gasteiger partial charge < -0.3 is 9.32 Å². The number of furan rings is 1. The van der Waals surface area contributed by atoms with E-state index in [4.69, 9.17) is 4.42 Å². The summed E-state index contributed by atoms with van der Waals surface area (Å²) >= 11 is 0. The fraction of sp³-hybridized carbons (Fsp3) is 0. The van der Waals surface area contributed by atoms with Gasteiger partial charge in [-0.25, -0.2) is 0 Å². The van der Waals surface area contributed by atoms with Crippen molar-refractivity contribution in [2.24, 2.45) is 0 Å². The Balaban J connectivity index is 0.972. The Morgan fingerprint density at radius 1 is 0.242 bits per heavy atom. The lowest BCUT2D eigenvalue weighted by Gasteiger charge is -2.29. The molecule has 0 aliphatic heterocycles. The molecule has 0 aliphatic rings. The van der Waals surface area contributed by atoms with Gasteiger partial charge in [0.15, 0.2) is 0 Å². The fourth-order valence-corrected chi connectivity index (χ4v) is 9.69. The predicted octanol–water partition coefficient (Wildman–Crippen LogP) is 18.2. The van der Waals surface area contributed by atoms with E-state index in [1.165, 1.54) is 55.3 Å². The van der Waals surface area contributed by atoms with Gasteiger partial charge in [-0.05, 0) is 121 Å². The zero-order valence-electron chi connectivity index (χ0n) is 36.2. The molecule has 2 heteroatoms. The first-order chi connectivity index (χ1) is 32.7. The first-order valence-corrected chi connectivity index (χ1v) is 22.6. The standard InChI is InChI=1S/C64H43NO/c1-2-15-44(16-3-1)45-29-31-48(32-30-45)55-20-6-7-21-56(55)57-22-8-9-23-58(57)59-24-10-12-27-62(59)65(52-40-35-49(36-41-52)54-26-14-18-47-17-4-5-19-53(47)54)51-38-33-46(34-39-51)50-37-42-61-60-25-11-13-28-63(60)66-64(61)43-50/h1-43H. The quantitative estimate of drug-likeness (QED) is 0.144. The van der Waals surface area contributed by atoms with Gasteiger partial charge in [0, 0.05) is 27.7 Å². The molecule has 0 spiro atoms. The van der Waals surface area contributed by atoms with E-state index in [0.717, 1.165) is 61.3 Å². The zero-order valence-corrected chi connectivity index (χ0v) is 36.2. The van der Waals surface area contributed by atoms with Crippen LogP contribution in [0.4, 0.5) is 17.1 Å². The van der Waals surface area contributed by atoms with Crippen LogP contribution in [0.2, 0.25) is 0 Å². The van der Waals surface area contributed by atoms with Crippen LogP contribution in [0.1, 0.15) is 0 Å². The molecule has 0 radical (unpaired) electrons. The molecule has 1 heterocycles. The van der Waals surface area contributed by atoms with Gasteiger partial charge in [-0.15, -0.1) is 0 Å². The van der Waals surface area contributed by atoms with Gasteiger partial charge in [-0.2, -0.15) is 0 Å². The van der Waals surface area contributed by atoms with Crippen LogP contribution in [0, 0.1) is 0 Å². The molecule has 0 unspecified atom stereocenters. The van der Waals surface area contributed by atoms with Crippen LogP contribution < -0.4 is 4.90 Å². The summed E-state index contributed by atoms with van der Waals surface area (Å²) in [6.07, 6.45) is 0. The van der Waals surface area contributed by atoms with Gasteiger partial charge in [0.2, 0.25) is 0 Å². The van der Waals surface area contributed by atoms with E-state index in [-0.39, 0.29) is 0 Å². The van der Waals surface area contributed by atoms with Gasteiger partial charge in [-0.3, -0.25) is 0 Å². The smallest absolute Gasteiger partial charge is 0.136 e. The molecule has 0 saturated carbocycles. The topological polar surface area (TPSA) is 16.4 Å². The third-order valence-corrected chi connectivity index (χ3v) is 12.9.